The van der Waals surface area contributed by atoms with Crippen LogP contribution in [0.2, 0.25) is 0 Å². The summed E-state index contributed by atoms with van der Waals surface area (Å²) < 4.78 is 0. The van der Waals surface area contributed by atoms with E-state index in [1.165, 1.54) is 0 Å². The maximum Gasteiger partial charge on any atom is 0.230 e. The molecule has 0 aliphatic heterocycles. The maximum atomic E-state index is 12.3. The lowest BCUT2D eigenvalue weighted by atomic mass is 10.0. The molecule has 3 N–H and O–H groups in total. The predicted octanol–water partition coefficient (Wildman–Crippen LogP) is 4.56. The first-order chi connectivity index (χ1) is 13.3. The molecule has 1 heterocycles. The van der Waals surface area contributed by atoms with Crippen molar-refractivity contribution in [1.29, 1.82) is 0 Å². The van der Waals surface area contributed by atoms with Crippen molar-refractivity contribution >= 4 is 28.4 Å². The van der Waals surface area contributed by atoms with Gasteiger partial charge in [-0.05, 0) is 50.5 Å². The second-order valence-electron chi connectivity index (χ2n) is 8.02. The number of hydrogen-bond donors (Lipinski definition) is 3. The van der Waals surface area contributed by atoms with Crippen molar-refractivity contribution in [3.8, 4) is 16.9 Å². The molecule has 0 spiro atoms. The molecular formula is C22H24N4O2. The van der Waals surface area contributed by atoms with Crippen LogP contribution in [0.4, 0.5) is 11.6 Å². The van der Waals surface area contributed by atoms with E-state index >= 15 is 0 Å². The number of hydrogen-bond acceptors (Lipinski definition) is 5. The number of carbonyl (C=O) groups excluding carboxylic acids is 1. The van der Waals surface area contributed by atoms with Crippen LogP contribution in [0.15, 0.2) is 42.6 Å². The zero-order chi connectivity index (χ0) is 19.9. The molecule has 1 aliphatic carbocycles. The lowest BCUT2D eigenvalue weighted by Gasteiger charge is -2.13. The Morgan fingerprint density at radius 3 is 2.71 bits per heavy atom. The Morgan fingerprint density at radius 1 is 1.21 bits per heavy atom. The lowest BCUT2D eigenvalue weighted by Crippen LogP contribution is -2.21. The highest BCUT2D eigenvalue weighted by Gasteiger charge is 2.44. The molecule has 28 heavy (non-hydrogen) atoms. The third-order valence-electron chi connectivity index (χ3n) is 5.09. The van der Waals surface area contributed by atoms with Gasteiger partial charge in [0.25, 0.3) is 0 Å². The van der Waals surface area contributed by atoms with Gasteiger partial charge in [0.1, 0.15) is 5.75 Å². The molecule has 0 unspecified atom stereocenters. The van der Waals surface area contributed by atoms with Crippen LogP contribution in [-0.2, 0) is 4.79 Å². The minimum Gasteiger partial charge on any atom is -0.507 e. The van der Waals surface area contributed by atoms with Crippen molar-refractivity contribution in [2.24, 2.45) is 5.41 Å². The molecule has 4 rings (SSSR count). The molecule has 0 atom stereocenters. The van der Waals surface area contributed by atoms with Crippen LogP contribution in [0.1, 0.15) is 33.6 Å². The predicted molar refractivity (Wildman–Crippen MR) is 111 cm³/mol. The molecule has 6 nitrogen and oxygen atoms in total. The standard InChI is InChI=1S/C22H24N4O2/c1-13(2)24-21-23-12-15-10-17(19(27)11-18(15)26-21)14-5-4-6-16(9-14)25-20(28)22(3)7-8-22/h4-6,9-13,27H,7-8H2,1-3H3,(H,25,28)(H,23,24,26). The molecule has 0 radical (unpaired) electrons. The Morgan fingerprint density at radius 2 is 2.00 bits per heavy atom. The van der Waals surface area contributed by atoms with Crippen molar-refractivity contribution in [3.05, 3.63) is 42.6 Å². The van der Waals surface area contributed by atoms with E-state index in [1.807, 2.05) is 51.1 Å². The van der Waals surface area contributed by atoms with Gasteiger partial charge in [0.05, 0.1) is 5.52 Å². The average molecular weight is 376 g/mol. The Hall–Kier alpha value is -3.15. The van der Waals surface area contributed by atoms with Crippen molar-refractivity contribution in [3.63, 3.8) is 0 Å². The highest BCUT2D eigenvalue weighted by atomic mass is 16.3. The van der Waals surface area contributed by atoms with Crippen LogP contribution in [0.3, 0.4) is 0 Å². The van der Waals surface area contributed by atoms with Crippen LogP contribution in [-0.4, -0.2) is 27.0 Å². The van der Waals surface area contributed by atoms with Gasteiger partial charge in [-0.3, -0.25) is 4.79 Å². The summed E-state index contributed by atoms with van der Waals surface area (Å²) in [5.41, 5.74) is 2.66. The zero-order valence-corrected chi connectivity index (χ0v) is 16.3. The Bertz CT molecular complexity index is 1060. The van der Waals surface area contributed by atoms with Gasteiger partial charge in [0.15, 0.2) is 0 Å². The second kappa shape index (κ2) is 6.78. The van der Waals surface area contributed by atoms with Gasteiger partial charge < -0.3 is 15.7 Å². The molecule has 1 fully saturated rings. The van der Waals surface area contributed by atoms with E-state index in [4.69, 9.17) is 0 Å². The number of aromatic nitrogens is 2. The Balaban J connectivity index is 1.65. The summed E-state index contributed by atoms with van der Waals surface area (Å²) >= 11 is 0. The number of phenolic OH excluding ortho intramolecular Hbond substituents is 1. The first kappa shape index (κ1) is 18.2. The summed E-state index contributed by atoms with van der Waals surface area (Å²) in [7, 11) is 0. The normalized spacial score (nSPS) is 14.9. The van der Waals surface area contributed by atoms with Crippen molar-refractivity contribution in [2.45, 2.75) is 39.7 Å². The summed E-state index contributed by atoms with van der Waals surface area (Å²) in [5.74, 6) is 0.721. The SMILES string of the molecule is CC(C)Nc1ncc2cc(-c3cccc(NC(=O)C4(C)CC4)c3)c(O)cc2n1. The molecule has 6 heteroatoms. The van der Waals surface area contributed by atoms with Gasteiger partial charge in [-0.25, -0.2) is 9.97 Å². The number of nitrogens with zero attached hydrogens (tertiary/aromatic N) is 2. The minimum atomic E-state index is -0.236. The van der Waals surface area contributed by atoms with E-state index in [1.54, 1.807) is 12.3 Å². The third-order valence-corrected chi connectivity index (χ3v) is 5.09. The van der Waals surface area contributed by atoms with E-state index in [2.05, 4.69) is 20.6 Å². The van der Waals surface area contributed by atoms with E-state index in [0.29, 0.717) is 17.0 Å². The number of anilines is 2. The third kappa shape index (κ3) is 3.63. The number of amides is 1. The molecule has 144 valence electrons. The van der Waals surface area contributed by atoms with Crippen LogP contribution < -0.4 is 10.6 Å². The van der Waals surface area contributed by atoms with E-state index in [0.717, 1.165) is 29.5 Å². The fourth-order valence-electron chi connectivity index (χ4n) is 3.09. The van der Waals surface area contributed by atoms with Gasteiger partial charge in [0.2, 0.25) is 11.9 Å². The quantitative estimate of drug-likeness (QED) is 0.607. The summed E-state index contributed by atoms with van der Waals surface area (Å²) in [6, 6.07) is 11.3. The highest BCUT2D eigenvalue weighted by Crippen LogP contribution is 2.46. The lowest BCUT2D eigenvalue weighted by molar-refractivity contribution is -0.120. The number of nitrogens with one attached hydrogen (secondary N) is 2. The molecule has 1 saturated carbocycles. The summed E-state index contributed by atoms with van der Waals surface area (Å²) in [6.07, 6.45) is 3.60. The van der Waals surface area contributed by atoms with E-state index in [9.17, 15) is 9.90 Å². The largest absolute Gasteiger partial charge is 0.507 e. The van der Waals surface area contributed by atoms with E-state index < -0.39 is 0 Å². The van der Waals surface area contributed by atoms with Gasteiger partial charge >= 0.3 is 0 Å². The van der Waals surface area contributed by atoms with Crippen LogP contribution in [0, 0.1) is 5.41 Å². The van der Waals surface area contributed by atoms with Gasteiger partial charge in [-0.2, -0.15) is 0 Å². The smallest absolute Gasteiger partial charge is 0.230 e. The fraction of sp³-hybridized carbons (Fsp3) is 0.318. The number of rotatable bonds is 5. The number of carbonyl (C=O) groups is 1. The minimum absolute atomic E-state index is 0.0472. The Kier molecular flexibility index (Phi) is 4.41. The zero-order valence-electron chi connectivity index (χ0n) is 16.3. The molecule has 0 saturated heterocycles. The molecule has 0 bridgehead atoms. The van der Waals surface area contributed by atoms with Gasteiger partial charge in [-0.1, -0.05) is 19.1 Å². The number of benzene rings is 2. The summed E-state index contributed by atoms with van der Waals surface area (Å²) in [5, 5.41) is 17.6. The number of fused-ring (bicyclic) bond motifs is 1. The maximum absolute atomic E-state index is 12.3. The first-order valence-corrected chi connectivity index (χ1v) is 9.52. The fourth-order valence-corrected chi connectivity index (χ4v) is 3.09. The molecule has 2 aromatic carbocycles. The first-order valence-electron chi connectivity index (χ1n) is 9.52. The topological polar surface area (TPSA) is 87.1 Å². The number of aromatic hydroxyl groups is 1. The summed E-state index contributed by atoms with van der Waals surface area (Å²) in [4.78, 5) is 21.1. The Labute approximate surface area is 164 Å². The van der Waals surface area contributed by atoms with Crippen LogP contribution in [0.25, 0.3) is 22.0 Å². The van der Waals surface area contributed by atoms with Gasteiger partial charge in [0, 0.05) is 40.4 Å². The molecule has 3 aromatic rings. The van der Waals surface area contributed by atoms with Crippen LogP contribution in [0.5, 0.6) is 5.75 Å². The van der Waals surface area contributed by atoms with Crippen molar-refractivity contribution in [2.75, 3.05) is 10.6 Å². The monoisotopic (exact) mass is 376 g/mol. The highest BCUT2D eigenvalue weighted by molar-refractivity contribution is 5.97. The summed E-state index contributed by atoms with van der Waals surface area (Å²) in [6.45, 7) is 6.01. The average Bonchev–Trinajstić information content (AvgIpc) is 3.40. The molecular weight excluding hydrogens is 352 g/mol. The van der Waals surface area contributed by atoms with Crippen molar-refractivity contribution < 1.29 is 9.90 Å². The molecule has 1 aliphatic rings. The second-order valence-corrected chi connectivity index (χ2v) is 8.02. The van der Waals surface area contributed by atoms with Crippen LogP contribution >= 0.6 is 0 Å². The van der Waals surface area contributed by atoms with Crippen molar-refractivity contribution in [1.82, 2.24) is 9.97 Å². The number of phenols is 1. The molecule has 1 amide bonds. The van der Waals surface area contributed by atoms with Gasteiger partial charge in [-0.15, -0.1) is 0 Å². The van der Waals surface area contributed by atoms with E-state index in [-0.39, 0.29) is 23.1 Å². The molecule has 1 aromatic heterocycles.